The van der Waals surface area contributed by atoms with Gasteiger partial charge >= 0.3 is 0 Å². The highest BCUT2D eigenvalue weighted by Gasteiger charge is 2.21. The molecule has 0 aliphatic rings. The van der Waals surface area contributed by atoms with Gasteiger partial charge in [-0.3, -0.25) is 0 Å². The van der Waals surface area contributed by atoms with Gasteiger partial charge in [0.2, 0.25) is 0 Å². The van der Waals surface area contributed by atoms with Crippen molar-refractivity contribution in [3.05, 3.63) is 35.4 Å². The van der Waals surface area contributed by atoms with Gasteiger partial charge in [0.05, 0.1) is 0 Å². The Hall–Kier alpha value is -0.960. The lowest BCUT2D eigenvalue weighted by Crippen LogP contribution is -2.32. The predicted molar refractivity (Wildman–Crippen MR) is 57.6 cm³/mol. The summed E-state index contributed by atoms with van der Waals surface area (Å²) in [5.41, 5.74) is 6.28. The van der Waals surface area contributed by atoms with Gasteiger partial charge in [-0.25, -0.2) is 8.78 Å². The molecule has 1 aromatic rings. The van der Waals surface area contributed by atoms with Crippen LogP contribution in [0.2, 0.25) is 0 Å². The van der Waals surface area contributed by atoms with E-state index < -0.39 is 5.82 Å². The van der Waals surface area contributed by atoms with E-state index in [0.29, 0.717) is 5.56 Å². The molecular weight excluding hydrogens is 196 g/mol. The number of nitrogens with two attached hydrogens (primary N) is 1. The molecule has 2 unspecified atom stereocenters. The van der Waals surface area contributed by atoms with Crippen molar-refractivity contribution >= 4 is 0 Å². The lowest BCUT2D eigenvalue weighted by molar-refractivity contribution is 0.422. The zero-order valence-corrected chi connectivity index (χ0v) is 9.30. The van der Waals surface area contributed by atoms with Gasteiger partial charge in [0.1, 0.15) is 11.6 Å². The van der Waals surface area contributed by atoms with Gasteiger partial charge in [-0.2, -0.15) is 0 Å². The maximum Gasteiger partial charge on any atom is 0.126 e. The van der Waals surface area contributed by atoms with Gasteiger partial charge in [-0.05, 0) is 35.6 Å². The van der Waals surface area contributed by atoms with E-state index in [1.807, 2.05) is 20.8 Å². The van der Waals surface area contributed by atoms with Crippen molar-refractivity contribution in [3.8, 4) is 0 Å². The molecule has 0 radical (unpaired) electrons. The molecule has 15 heavy (non-hydrogen) atoms. The van der Waals surface area contributed by atoms with Crippen molar-refractivity contribution in [3.63, 3.8) is 0 Å². The first-order chi connectivity index (χ1) is 6.93. The topological polar surface area (TPSA) is 26.0 Å². The van der Waals surface area contributed by atoms with Gasteiger partial charge in [0.25, 0.3) is 0 Å². The maximum atomic E-state index is 13.4. The smallest absolute Gasteiger partial charge is 0.126 e. The van der Waals surface area contributed by atoms with Crippen LogP contribution in [0.5, 0.6) is 0 Å². The third-order valence-electron chi connectivity index (χ3n) is 2.80. The normalized spacial score (nSPS) is 15.4. The van der Waals surface area contributed by atoms with Crippen LogP contribution >= 0.6 is 0 Å². The van der Waals surface area contributed by atoms with Crippen LogP contribution in [0.4, 0.5) is 8.78 Å². The Morgan fingerprint density at radius 3 is 2.27 bits per heavy atom. The van der Waals surface area contributed by atoms with Crippen LogP contribution in [0.25, 0.3) is 0 Å². The molecule has 1 aromatic carbocycles. The van der Waals surface area contributed by atoms with Crippen LogP contribution in [0.1, 0.15) is 32.3 Å². The van der Waals surface area contributed by atoms with Crippen molar-refractivity contribution in [2.24, 2.45) is 11.7 Å². The van der Waals surface area contributed by atoms with Gasteiger partial charge in [0, 0.05) is 6.04 Å². The summed E-state index contributed by atoms with van der Waals surface area (Å²) in [5, 5.41) is 0. The van der Waals surface area contributed by atoms with E-state index in [-0.39, 0.29) is 23.7 Å². The minimum Gasteiger partial charge on any atom is -0.327 e. The molecule has 3 heteroatoms. The average molecular weight is 213 g/mol. The zero-order chi connectivity index (χ0) is 11.6. The Bertz CT molecular complexity index is 336. The van der Waals surface area contributed by atoms with Gasteiger partial charge < -0.3 is 5.73 Å². The summed E-state index contributed by atoms with van der Waals surface area (Å²) in [6, 6.07) is 3.32. The molecular formula is C12H17F2N. The number of halogens is 2. The second-order valence-corrected chi connectivity index (χ2v) is 4.28. The molecule has 0 saturated carbocycles. The Labute approximate surface area is 89.3 Å². The number of benzene rings is 1. The van der Waals surface area contributed by atoms with Gasteiger partial charge in [-0.1, -0.05) is 20.8 Å². The second-order valence-electron chi connectivity index (χ2n) is 4.28. The SMILES string of the molecule is CC(C)C(N)C(C)c1cc(F)ccc1F. The fourth-order valence-corrected chi connectivity index (χ4v) is 1.65. The fraction of sp³-hybridized carbons (Fsp3) is 0.500. The van der Waals surface area contributed by atoms with Gasteiger partial charge in [0.15, 0.2) is 0 Å². The molecule has 0 aliphatic carbocycles. The first-order valence-electron chi connectivity index (χ1n) is 5.14. The van der Waals surface area contributed by atoms with E-state index >= 15 is 0 Å². The summed E-state index contributed by atoms with van der Waals surface area (Å²) >= 11 is 0. The van der Waals surface area contributed by atoms with E-state index in [1.165, 1.54) is 6.07 Å². The van der Waals surface area contributed by atoms with Crippen LogP contribution in [-0.4, -0.2) is 6.04 Å². The van der Waals surface area contributed by atoms with Crippen LogP contribution in [-0.2, 0) is 0 Å². The van der Waals surface area contributed by atoms with Crippen molar-refractivity contribution in [2.75, 3.05) is 0 Å². The third-order valence-corrected chi connectivity index (χ3v) is 2.80. The highest BCUT2D eigenvalue weighted by molar-refractivity contribution is 5.23. The number of rotatable bonds is 3. The summed E-state index contributed by atoms with van der Waals surface area (Å²) in [5.74, 6) is -0.752. The van der Waals surface area contributed by atoms with Crippen LogP contribution in [0.15, 0.2) is 18.2 Å². The lowest BCUT2D eigenvalue weighted by atomic mass is 9.87. The molecule has 0 saturated heterocycles. The highest BCUT2D eigenvalue weighted by Crippen LogP contribution is 2.25. The van der Waals surface area contributed by atoms with E-state index in [4.69, 9.17) is 5.73 Å². The summed E-state index contributed by atoms with van der Waals surface area (Å²) in [6.07, 6.45) is 0. The number of hydrogen-bond donors (Lipinski definition) is 1. The van der Waals surface area contributed by atoms with Crippen LogP contribution in [0.3, 0.4) is 0 Å². The molecule has 84 valence electrons. The first-order valence-corrected chi connectivity index (χ1v) is 5.14. The zero-order valence-electron chi connectivity index (χ0n) is 9.30. The Kier molecular flexibility index (Phi) is 3.80. The molecule has 0 spiro atoms. The molecule has 1 rings (SSSR count). The van der Waals surface area contributed by atoms with E-state index in [2.05, 4.69) is 0 Å². The highest BCUT2D eigenvalue weighted by atomic mass is 19.1. The fourth-order valence-electron chi connectivity index (χ4n) is 1.65. The maximum absolute atomic E-state index is 13.4. The van der Waals surface area contributed by atoms with Crippen molar-refractivity contribution in [2.45, 2.75) is 32.7 Å². The second kappa shape index (κ2) is 4.71. The van der Waals surface area contributed by atoms with E-state index in [9.17, 15) is 8.78 Å². The Morgan fingerprint density at radius 2 is 1.73 bits per heavy atom. The van der Waals surface area contributed by atoms with Crippen molar-refractivity contribution in [1.82, 2.24) is 0 Å². The van der Waals surface area contributed by atoms with E-state index in [1.54, 1.807) is 0 Å². The summed E-state index contributed by atoms with van der Waals surface area (Å²) in [7, 11) is 0. The summed E-state index contributed by atoms with van der Waals surface area (Å²) < 4.78 is 26.4. The predicted octanol–water partition coefficient (Wildman–Crippen LogP) is 3.05. The molecule has 2 atom stereocenters. The summed E-state index contributed by atoms with van der Waals surface area (Å²) in [6.45, 7) is 5.76. The molecule has 0 fully saturated rings. The standard InChI is InChI=1S/C12H17F2N/c1-7(2)12(15)8(3)10-6-9(13)4-5-11(10)14/h4-8,12H,15H2,1-3H3. The quantitative estimate of drug-likeness (QED) is 0.820. The molecule has 0 heterocycles. The monoisotopic (exact) mass is 213 g/mol. The van der Waals surface area contributed by atoms with Crippen molar-refractivity contribution < 1.29 is 8.78 Å². The molecule has 2 N–H and O–H groups in total. The minimum atomic E-state index is -0.422. The molecule has 0 aromatic heterocycles. The third kappa shape index (κ3) is 2.75. The Morgan fingerprint density at radius 1 is 1.13 bits per heavy atom. The summed E-state index contributed by atoms with van der Waals surface area (Å²) in [4.78, 5) is 0. The van der Waals surface area contributed by atoms with Gasteiger partial charge in [-0.15, -0.1) is 0 Å². The first kappa shape index (κ1) is 12.1. The minimum absolute atomic E-state index is 0.165. The molecule has 0 amide bonds. The largest absolute Gasteiger partial charge is 0.327 e. The number of hydrogen-bond acceptors (Lipinski definition) is 1. The van der Waals surface area contributed by atoms with Crippen molar-refractivity contribution in [1.29, 1.82) is 0 Å². The molecule has 1 nitrogen and oxygen atoms in total. The van der Waals surface area contributed by atoms with E-state index in [0.717, 1.165) is 12.1 Å². The lowest BCUT2D eigenvalue weighted by Gasteiger charge is -2.24. The molecule has 0 aliphatic heterocycles. The average Bonchev–Trinajstić information content (AvgIpc) is 2.19. The Balaban J connectivity index is 2.99. The molecule has 0 bridgehead atoms. The van der Waals surface area contributed by atoms with Crippen LogP contribution < -0.4 is 5.73 Å². The van der Waals surface area contributed by atoms with Crippen LogP contribution in [0, 0.1) is 17.6 Å².